The van der Waals surface area contributed by atoms with Gasteiger partial charge in [-0.15, -0.1) is 0 Å². The second-order valence-corrected chi connectivity index (χ2v) is 20.1. The number of nitrogens with zero attached hydrogens (tertiary/aromatic N) is 4. The van der Waals surface area contributed by atoms with Crippen molar-refractivity contribution < 1.29 is 4.42 Å². The fourth-order valence-corrected chi connectivity index (χ4v) is 11.4. The zero-order valence-corrected chi connectivity index (χ0v) is 36.7. The van der Waals surface area contributed by atoms with Gasteiger partial charge in [-0.3, -0.25) is 0 Å². The average Bonchev–Trinajstić information content (AvgIpc) is 3.85. The maximum Gasteiger partial charge on any atom is 0.335 e. The molecule has 64 heavy (non-hydrogen) atoms. The molecule has 12 aromatic rings. The summed E-state index contributed by atoms with van der Waals surface area (Å²) >= 11 is 0. The van der Waals surface area contributed by atoms with Crippen molar-refractivity contribution in [1.82, 2.24) is 14.4 Å². The van der Waals surface area contributed by atoms with Gasteiger partial charge < -0.3 is 13.8 Å². The maximum absolute atomic E-state index is 6.93. The Bertz CT molecular complexity index is 4040. The molecule has 304 valence electrons. The van der Waals surface area contributed by atoms with Gasteiger partial charge in [-0.05, 0) is 80.2 Å². The van der Waals surface area contributed by atoms with E-state index in [2.05, 4.69) is 203 Å². The number of hydrogen-bond acceptors (Lipinski definition) is 4. The van der Waals surface area contributed by atoms with Gasteiger partial charge in [0.25, 0.3) is 0 Å². The molecule has 9 aromatic carbocycles. The van der Waals surface area contributed by atoms with Gasteiger partial charge in [0.15, 0.2) is 0 Å². The van der Waals surface area contributed by atoms with Crippen molar-refractivity contribution in [1.29, 1.82) is 0 Å². The Labute approximate surface area is 370 Å². The summed E-state index contributed by atoms with van der Waals surface area (Å²) in [4.78, 5) is 14.1. The number of furan rings is 1. The van der Waals surface area contributed by atoms with Crippen LogP contribution in [0.2, 0.25) is 0 Å². The first kappa shape index (κ1) is 36.1. The predicted octanol–water partition coefficient (Wildman–Crippen LogP) is 14.1. The van der Waals surface area contributed by atoms with E-state index < -0.39 is 0 Å². The number of benzene rings is 9. The number of rotatable bonds is 1. The molecule has 0 N–H and O–H groups in total. The van der Waals surface area contributed by atoms with Gasteiger partial charge in [-0.2, -0.15) is 0 Å². The number of fused-ring (bicyclic) bond motifs is 19. The lowest BCUT2D eigenvalue weighted by atomic mass is 9.44. The number of para-hydroxylation sites is 3. The molecule has 0 unspecified atom stereocenters. The molecule has 0 amide bonds. The largest absolute Gasteiger partial charge is 0.456 e. The van der Waals surface area contributed by atoms with E-state index in [1.807, 2.05) is 0 Å². The topological polar surface area (TPSA) is 47.1 Å². The Morgan fingerprint density at radius 2 is 1.09 bits per heavy atom. The van der Waals surface area contributed by atoms with Crippen LogP contribution in [0.3, 0.4) is 0 Å². The highest BCUT2D eigenvalue weighted by molar-refractivity contribution is 6.92. The first-order valence-corrected chi connectivity index (χ1v) is 22.5. The summed E-state index contributed by atoms with van der Waals surface area (Å²) in [6.07, 6.45) is 0. The lowest BCUT2D eigenvalue weighted by molar-refractivity contribution is 0.569. The van der Waals surface area contributed by atoms with E-state index in [1.165, 1.54) is 60.3 Å². The molecule has 0 fully saturated rings. The molecular weight excluding hydrogens is 779 g/mol. The molecule has 0 saturated heterocycles. The number of anilines is 3. The normalized spacial score (nSPS) is 13.7. The summed E-state index contributed by atoms with van der Waals surface area (Å²) in [5.74, 6) is 0. The minimum Gasteiger partial charge on any atom is -0.456 e. The Morgan fingerprint density at radius 3 is 1.80 bits per heavy atom. The summed E-state index contributed by atoms with van der Waals surface area (Å²) in [6, 6.07) is 55.8. The molecule has 0 saturated carbocycles. The van der Waals surface area contributed by atoms with E-state index in [-0.39, 0.29) is 17.7 Å². The highest BCUT2D eigenvalue weighted by atomic mass is 16.3. The van der Waals surface area contributed by atoms with Gasteiger partial charge in [-0.1, -0.05) is 151 Å². The van der Waals surface area contributed by atoms with Crippen LogP contribution in [-0.2, 0) is 10.8 Å². The lowest BCUT2D eigenvalue weighted by Gasteiger charge is -2.41. The molecule has 3 aromatic heterocycles. The quantitative estimate of drug-likeness (QED) is 0.0940. The molecule has 2 aliphatic rings. The van der Waals surface area contributed by atoms with Gasteiger partial charge >= 0.3 is 6.85 Å². The van der Waals surface area contributed by atoms with Crippen LogP contribution in [0, 0.1) is 0 Å². The minimum atomic E-state index is -0.235. The highest BCUT2D eigenvalue weighted by Crippen LogP contribution is 2.51. The zero-order valence-electron chi connectivity index (χ0n) is 36.7. The molecule has 14 rings (SSSR count). The summed E-state index contributed by atoms with van der Waals surface area (Å²) in [7, 11) is 0. The second-order valence-electron chi connectivity index (χ2n) is 20.1. The molecule has 0 radical (unpaired) electrons. The third-order valence-corrected chi connectivity index (χ3v) is 14.4. The SMILES string of the molecule is CC(C)(C)c1cc(N2c3cc4oc5ccccc5c4c4c3B(c3c2ccc2nc5c6ccccc6c6ccccc6c5nc32)n2c3ccccc3c3cccc-4c32)cc(C(C)(C)C)c1. The number of aromatic nitrogens is 3. The minimum absolute atomic E-state index is 0.0918. The molecule has 6 heteroatoms. The van der Waals surface area contributed by atoms with Gasteiger partial charge in [0.05, 0.1) is 22.1 Å². The van der Waals surface area contributed by atoms with Crippen molar-refractivity contribution in [2.45, 2.75) is 52.4 Å². The average molecular weight is 823 g/mol. The van der Waals surface area contributed by atoms with Crippen LogP contribution in [0.1, 0.15) is 52.7 Å². The van der Waals surface area contributed by atoms with E-state index in [0.29, 0.717) is 0 Å². The first-order valence-electron chi connectivity index (χ1n) is 22.5. The predicted molar refractivity (Wildman–Crippen MR) is 270 cm³/mol. The monoisotopic (exact) mass is 822 g/mol. The first-order chi connectivity index (χ1) is 31.0. The molecule has 0 aliphatic carbocycles. The Hall–Kier alpha value is -7.44. The van der Waals surface area contributed by atoms with Gasteiger partial charge in [0.1, 0.15) is 11.2 Å². The summed E-state index contributed by atoms with van der Waals surface area (Å²) in [6.45, 7) is 13.7. The van der Waals surface area contributed by atoms with Crippen molar-refractivity contribution >= 4 is 122 Å². The molecule has 0 bridgehead atoms. The van der Waals surface area contributed by atoms with Crippen LogP contribution < -0.4 is 15.8 Å². The van der Waals surface area contributed by atoms with Crippen LogP contribution in [0.4, 0.5) is 17.1 Å². The Kier molecular flexibility index (Phi) is 6.87. The van der Waals surface area contributed by atoms with E-state index in [4.69, 9.17) is 14.4 Å². The van der Waals surface area contributed by atoms with Crippen molar-refractivity contribution in [3.05, 3.63) is 163 Å². The molecule has 0 spiro atoms. The highest BCUT2D eigenvalue weighted by Gasteiger charge is 2.46. The van der Waals surface area contributed by atoms with Crippen molar-refractivity contribution in [3.8, 4) is 11.1 Å². The molecule has 2 aliphatic heterocycles. The Balaban J connectivity index is 1.23. The fourth-order valence-electron chi connectivity index (χ4n) is 11.4. The maximum atomic E-state index is 6.93. The summed E-state index contributed by atoms with van der Waals surface area (Å²) in [5, 5.41) is 9.37. The van der Waals surface area contributed by atoms with Gasteiger partial charge in [0.2, 0.25) is 0 Å². The fraction of sp³-hybridized carbons (Fsp3) is 0.138. The summed E-state index contributed by atoms with van der Waals surface area (Å²) in [5.41, 5.74) is 18.5. The zero-order chi connectivity index (χ0) is 43.0. The van der Waals surface area contributed by atoms with Crippen LogP contribution in [-0.4, -0.2) is 21.3 Å². The van der Waals surface area contributed by atoms with Crippen LogP contribution in [0.25, 0.3) is 98.5 Å². The summed E-state index contributed by atoms with van der Waals surface area (Å²) < 4.78 is 9.56. The van der Waals surface area contributed by atoms with E-state index >= 15 is 0 Å². The van der Waals surface area contributed by atoms with Gasteiger partial charge in [-0.25, -0.2) is 9.97 Å². The molecule has 5 heterocycles. The second kappa shape index (κ2) is 12.2. The van der Waals surface area contributed by atoms with E-state index in [0.717, 1.165) is 77.3 Å². The van der Waals surface area contributed by atoms with Crippen LogP contribution >= 0.6 is 0 Å². The standard InChI is InChI=1S/C58H43BN4O/c1-57(2,3)32-28-33(58(4,5)6)30-34(29-32)62-45-27-26-43-55(61-54-39-20-10-8-17-36(39)35-16-7-9-19-38(35)53(54)60-43)52(45)59-51-46(62)31-48-49(41-21-12-14-25-47(41)64-48)50(51)42-23-15-22-40-37-18-11-13-24-44(37)63(59)56(40)42/h7-31H,1-6H3. The Morgan fingerprint density at radius 1 is 0.484 bits per heavy atom. The third-order valence-electron chi connectivity index (χ3n) is 14.4. The molecule has 0 atom stereocenters. The smallest absolute Gasteiger partial charge is 0.335 e. The van der Waals surface area contributed by atoms with E-state index in [9.17, 15) is 0 Å². The van der Waals surface area contributed by atoms with Crippen molar-refractivity contribution in [3.63, 3.8) is 0 Å². The van der Waals surface area contributed by atoms with Crippen molar-refractivity contribution in [2.75, 3.05) is 4.90 Å². The third kappa shape index (κ3) is 4.65. The molecular formula is C58H43BN4O. The van der Waals surface area contributed by atoms with Crippen LogP contribution in [0.15, 0.2) is 156 Å². The number of hydrogen-bond donors (Lipinski definition) is 0. The van der Waals surface area contributed by atoms with E-state index in [1.54, 1.807) is 0 Å². The van der Waals surface area contributed by atoms with Crippen LogP contribution in [0.5, 0.6) is 0 Å². The van der Waals surface area contributed by atoms with Gasteiger partial charge in [0, 0.05) is 77.5 Å². The van der Waals surface area contributed by atoms with Crippen molar-refractivity contribution in [2.24, 2.45) is 0 Å². The molecule has 5 nitrogen and oxygen atoms in total. The lowest BCUT2D eigenvalue weighted by Crippen LogP contribution is -2.57.